The van der Waals surface area contributed by atoms with E-state index in [0.29, 0.717) is 23.4 Å². The van der Waals surface area contributed by atoms with Gasteiger partial charge in [0.15, 0.2) is 5.96 Å². The fraction of sp³-hybridized carbons (Fsp3) is 0.211. The molecule has 6 N–H and O–H groups in total. The van der Waals surface area contributed by atoms with E-state index in [-0.39, 0.29) is 18.3 Å². The number of aliphatic carboxylic acids is 1. The molecule has 0 heterocycles. The zero-order valence-corrected chi connectivity index (χ0v) is 15.2. The summed E-state index contributed by atoms with van der Waals surface area (Å²) in [6.07, 6.45) is 0.377. The molecule has 1 amide bonds. The molecule has 0 saturated heterocycles. The van der Waals surface area contributed by atoms with Crippen molar-refractivity contribution in [3.63, 3.8) is 0 Å². The second kappa shape index (κ2) is 8.70. The number of nitrogens with zero attached hydrogens (tertiary/aromatic N) is 1. The van der Waals surface area contributed by atoms with Crippen LogP contribution in [-0.4, -0.2) is 37.0 Å². The number of para-hydroxylation sites is 1. The van der Waals surface area contributed by atoms with Gasteiger partial charge in [0.05, 0.1) is 11.4 Å². The molecule has 0 spiro atoms. The van der Waals surface area contributed by atoms with Crippen LogP contribution in [0.4, 0.5) is 17.1 Å². The van der Waals surface area contributed by atoms with Gasteiger partial charge >= 0.3 is 5.97 Å². The maximum atomic E-state index is 12.7. The molecule has 0 aliphatic carbocycles. The van der Waals surface area contributed by atoms with E-state index in [2.05, 4.69) is 10.6 Å². The monoisotopic (exact) mass is 369 g/mol. The van der Waals surface area contributed by atoms with Crippen LogP contribution in [0.15, 0.2) is 42.5 Å². The summed E-state index contributed by atoms with van der Waals surface area (Å²) in [6.45, 7) is 0. The summed E-state index contributed by atoms with van der Waals surface area (Å²) in [7, 11) is 3.68. The Morgan fingerprint density at radius 2 is 1.85 bits per heavy atom. The van der Waals surface area contributed by atoms with Crippen molar-refractivity contribution < 1.29 is 14.7 Å². The highest BCUT2D eigenvalue weighted by atomic mass is 16.4. The van der Waals surface area contributed by atoms with Gasteiger partial charge in [-0.15, -0.1) is 0 Å². The highest BCUT2D eigenvalue weighted by Crippen LogP contribution is 2.30. The third kappa shape index (κ3) is 5.46. The van der Waals surface area contributed by atoms with Crippen molar-refractivity contribution in [2.45, 2.75) is 12.8 Å². The maximum absolute atomic E-state index is 12.7. The van der Waals surface area contributed by atoms with Crippen LogP contribution in [0.3, 0.4) is 0 Å². The van der Waals surface area contributed by atoms with Crippen molar-refractivity contribution in [3.8, 4) is 0 Å². The van der Waals surface area contributed by atoms with E-state index in [1.165, 1.54) is 0 Å². The average molecular weight is 369 g/mol. The highest BCUT2D eigenvalue weighted by Gasteiger charge is 2.15. The summed E-state index contributed by atoms with van der Waals surface area (Å²) in [5.74, 6) is -1.40. The van der Waals surface area contributed by atoms with Crippen molar-refractivity contribution in [2.75, 3.05) is 29.6 Å². The van der Waals surface area contributed by atoms with E-state index in [1.807, 2.05) is 25.1 Å². The lowest BCUT2D eigenvalue weighted by atomic mass is 10.0. The van der Waals surface area contributed by atoms with Crippen LogP contribution >= 0.6 is 0 Å². The first-order valence-corrected chi connectivity index (χ1v) is 8.31. The smallest absolute Gasteiger partial charge is 0.303 e. The quantitative estimate of drug-likeness (QED) is 0.376. The van der Waals surface area contributed by atoms with Crippen LogP contribution in [0.2, 0.25) is 0 Å². The number of hydrogen-bond donors (Lipinski definition) is 5. The van der Waals surface area contributed by atoms with Crippen molar-refractivity contribution >= 4 is 34.9 Å². The molecule has 2 aromatic carbocycles. The third-order valence-electron chi connectivity index (χ3n) is 3.83. The van der Waals surface area contributed by atoms with Gasteiger partial charge in [-0.3, -0.25) is 15.0 Å². The van der Waals surface area contributed by atoms with Crippen molar-refractivity contribution in [3.05, 3.63) is 53.6 Å². The van der Waals surface area contributed by atoms with Gasteiger partial charge in [0, 0.05) is 31.8 Å². The lowest BCUT2D eigenvalue weighted by Crippen LogP contribution is -2.21. The van der Waals surface area contributed by atoms with E-state index < -0.39 is 5.97 Å². The standard InChI is InChI=1S/C19H23N5O3/c1-24(2)17-12(9-10-16(25)26)5-4-8-15(17)23-18(27)13-6-3-7-14(11-13)22-19(20)21/h3-8,11H,9-10H2,1-2H3,(H,23,27)(H,25,26)(H4,20,21,22). The van der Waals surface area contributed by atoms with Crippen LogP contribution < -0.4 is 21.3 Å². The van der Waals surface area contributed by atoms with Gasteiger partial charge in [0.2, 0.25) is 0 Å². The largest absolute Gasteiger partial charge is 0.481 e. The van der Waals surface area contributed by atoms with Crippen LogP contribution in [0.5, 0.6) is 0 Å². The summed E-state index contributed by atoms with van der Waals surface area (Å²) in [4.78, 5) is 25.4. The molecule has 8 nitrogen and oxygen atoms in total. The topological polar surface area (TPSA) is 132 Å². The molecule has 0 bridgehead atoms. The van der Waals surface area contributed by atoms with Crippen molar-refractivity contribution in [1.29, 1.82) is 5.41 Å². The number of guanidine groups is 1. The molecule has 0 radical (unpaired) electrons. The van der Waals surface area contributed by atoms with Crippen molar-refractivity contribution in [1.82, 2.24) is 0 Å². The fourth-order valence-electron chi connectivity index (χ4n) is 2.75. The van der Waals surface area contributed by atoms with Crippen LogP contribution in [0.1, 0.15) is 22.3 Å². The number of carbonyl (C=O) groups excluding carboxylic acids is 1. The Bertz CT molecular complexity index is 864. The number of aryl methyl sites for hydroxylation is 1. The Hall–Kier alpha value is -3.55. The van der Waals surface area contributed by atoms with E-state index in [0.717, 1.165) is 11.3 Å². The van der Waals surface area contributed by atoms with Gasteiger partial charge in [-0.2, -0.15) is 0 Å². The lowest BCUT2D eigenvalue weighted by molar-refractivity contribution is -0.136. The summed E-state index contributed by atoms with van der Waals surface area (Å²) in [5.41, 5.74) is 8.47. The SMILES string of the molecule is CN(C)c1c(CCC(=O)O)cccc1NC(=O)c1cccc(NC(=N)N)c1. The Labute approximate surface area is 157 Å². The zero-order chi connectivity index (χ0) is 20.0. The number of carbonyl (C=O) groups is 2. The predicted octanol–water partition coefficient (Wildman–Crippen LogP) is 2.33. The second-order valence-electron chi connectivity index (χ2n) is 6.18. The minimum Gasteiger partial charge on any atom is -0.481 e. The molecule has 27 heavy (non-hydrogen) atoms. The second-order valence-corrected chi connectivity index (χ2v) is 6.18. The summed E-state index contributed by atoms with van der Waals surface area (Å²) < 4.78 is 0. The number of carboxylic acids is 1. The predicted molar refractivity (Wildman–Crippen MR) is 107 cm³/mol. The third-order valence-corrected chi connectivity index (χ3v) is 3.83. The number of amides is 1. The normalized spacial score (nSPS) is 10.1. The molecule has 0 atom stereocenters. The molecule has 142 valence electrons. The Balaban J connectivity index is 2.28. The molecule has 2 rings (SSSR count). The molecular formula is C19H23N5O3. The minimum absolute atomic E-state index is 0.0109. The van der Waals surface area contributed by atoms with Gasteiger partial charge < -0.3 is 26.4 Å². The van der Waals surface area contributed by atoms with E-state index in [4.69, 9.17) is 16.2 Å². The summed E-state index contributed by atoms with van der Waals surface area (Å²) in [6, 6.07) is 12.1. The molecule has 0 aliphatic rings. The highest BCUT2D eigenvalue weighted by molar-refractivity contribution is 6.07. The van der Waals surface area contributed by atoms with Gasteiger partial charge in [0.25, 0.3) is 5.91 Å². The number of nitrogens with two attached hydrogens (primary N) is 1. The number of nitrogens with one attached hydrogen (secondary N) is 3. The Morgan fingerprint density at radius 3 is 2.48 bits per heavy atom. The lowest BCUT2D eigenvalue weighted by Gasteiger charge is -2.22. The first-order chi connectivity index (χ1) is 12.8. The molecule has 0 unspecified atom stereocenters. The molecule has 0 saturated carbocycles. The van der Waals surface area contributed by atoms with E-state index in [1.54, 1.807) is 36.4 Å². The van der Waals surface area contributed by atoms with Crippen molar-refractivity contribution in [2.24, 2.45) is 5.73 Å². The number of carboxylic acid groups (broad SMARTS) is 1. The molecule has 0 aromatic heterocycles. The van der Waals surface area contributed by atoms with Gasteiger partial charge in [-0.1, -0.05) is 18.2 Å². The van der Waals surface area contributed by atoms with Crippen LogP contribution in [-0.2, 0) is 11.2 Å². The average Bonchev–Trinajstić information content (AvgIpc) is 2.59. The first-order valence-electron chi connectivity index (χ1n) is 8.31. The first kappa shape index (κ1) is 19.8. The van der Waals surface area contributed by atoms with Gasteiger partial charge in [-0.05, 0) is 36.2 Å². The maximum Gasteiger partial charge on any atom is 0.303 e. The molecule has 0 aliphatic heterocycles. The van der Waals surface area contributed by atoms with Crippen LogP contribution in [0, 0.1) is 5.41 Å². The minimum atomic E-state index is -0.871. The number of rotatable bonds is 7. The summed E-state index contributed by atoms with van der Waals surface area (Å²) >= 11 is 0. The fourth-order valence-corrected chi connectivity index (χ4v) is 2.75. The molecule has 8 heteroatoms. The van der Waals surface area contributed by atoms with E-state index >= 15 is 0 Å². The zero-order valence-electron chi connectivity index (χ0n) is 15.2. The Kier molecular flexibility index (Phi) is 6.37. The Morgan fingerprint density at radius 1 is 1.15 bits per heavy atom. The number of anilines is 3. The molecule has 0 fully saturated rings. The van der Waals surface area contributed by atoms with Crippen LogP contribution in [0.25, 0.3) is 0 Å². The summed E-state index contributed by atoms with van der Waals surface area (Å²) in [5, 5.41) is 21.7. The van der Waals surface area contributed by atoms with E-state index in [9.17, 15) is 9.59 Å². The number of benzene rings is 2. The van der Waals surface area contributed by atoms with Gasteiger partial charge in [0.1, 0.15) is 0 Å². The molecule has 2 aromatic rings. The number of hydrogen-bond acceptors (Lipinski definition) is 4. The van der Waals surface area contributed by atoms with Gasteiger partial charge in [-0.25, -0.2) is 0 Å². The molecular weight excluding hydrogens is 346 g/mol.